The van der Waals surface area contributed by atoms with Gasteiger partial charge in [-0.3, -0.25) is 4.79 Å². The minimum absolute atomic E-state index is 0.00421. The SMILES string of the molecule is CCC(C)C(=O)OCc1ccc(C)cc1. The molecule has 2 heteroatoms. The van der Waals surface area contributed by atoms with E-state index in [4.69, 9.17) is 4.74 Å². The zero-order valence-electron chi connectivity index (χ0n) is 9.62. The lowest BCUT2D eigenvalue weighted by atomic mass is 10.1. The highest BCUT2D eigenvalue weighted by Crippen LogP contribution is 2.08. The smallest absolute Gasteiger partial charge is 0.308 e. The van der Waals surface area contributed by atoms with Crippen molar-refractivity contribution in [3.8, 4) is 0 Å². The van der Waals surface area contributed by atoms with Gasteiger partial charge in [0.25, 0.3) is 0 Å². The molecule has 0 aliphatic rings. The van der Waals surface area contributed by atoms with Gasteiger partial charge < -0.3 is 4.74 Å². The fourth-order valence-corrected chi connectivity index (χ4v) is 1.15. The molecule has 1 unspecified atom stereocenters. The van der Waals surface area contributed by atoms with Crippen molar-refractivity contribution in [1.29, 1.82) is 0 Å². The van der Waals surface area contributed by atoms with E-state index in [1.807, 2.05) is 45.0 Å². The highest BCUT2D eigenvalue weighted by molar-refractivity contribution is 5.71. The quantitative estimate of drug-likeness (QED) is 0.708. The molecule has 0 amide bonds. The molecule has 0 saturated heterocycles. The van der Waals surface area contributed by atoms with E-state index < -0.39 is 0 Å². The summed E-state index contributed by atoms with van der Waals surface area (Å²) >= 11 is 0. The summed E-state index contributed by atoms with van der Waals surface area (Å²) in [6.45, 7) is 6.29. The van der Waals surface area contributed by atoms with E-state index in [1.54, 1.807) is 0 Å². The lowest BCUT2D eigenvalue weighted by Gasteiger charge is -2.09. The van der Waals surface area contributed by atoms with Crippen LogP contribution in [0.3, 0.4) is 0 Å². The van der Waals surface area contributed by atoms with Crippen LogP contribution in [0.4, 0.5) is 0 Å². The number of benzene rings is 1. The molecular weight excluding hydrogens is 188 g/mol. The van der Waals surface area contributed by atoms with Crippen molar-refractivity contribution >= 4 is 5.97 Å². The van der Waals surface area contributed by atoms with Crippen molar-refractivity contribution in [2.24, 2.45) is 5.92 Å². The van der Waals surface area contributed by atoms with Gasteiger partial charge in [0, 0.05) is 0 Å². The molecule has 15 heavy (non-hydrogen) atoms. The third-order valence-electron chi connectivity index (χ3n) is 2.52. The maximum Gasteiger partial charge on any atom is 0.308 e. The second-order valence-electron chi connectivity index (χ2n) is 3.90. The van der Waals surface area contributed by atoms with Gasteiger partial charge in [0.2, 0.25) is 0 Å². The van der Waals surface area contributed by atoms with Crippen LogP contribution in [0.25, 0.3) is 0 Å². The average molecular weight is 206 g/mol. The first-order chi connectivity index (χ1) is 7.13. The second-order valence-corrected chi connectivity index (χ2v) is 3.90. The zero-order chi connectivity index (χ0) is 11.3. The van der Waals surface area contributed by atoms with Gasteiger partial charge in [-0.2, -0.15) is 0 Å². The highest BCUT2D eigenvalue weighted by atomic mass is 16.5. The summed E-state index contributed by atoms with van der Waals surface area (Å²) in [7, 11) is 0. The van der Waals surface area contributed by atoms with Crippen LogP contribution < -0.4 is 0 Å². The molecule has 0 fully saturated rings. The molecule has 1 aromatic carbocycles. The summed E-state index contributed by atoms with van der Waals surface area (Å²) in [6, 6.07) is 8.01. The molecule has 0 saturated carbocycles. The van der Waals surface area contributed by atoms with Crippen LogP contribution in [0.2, 0.25) is 0 Å². The maximum absolute atomic E-state index is 11.4. The maximum atomic E-state index is 11.4. The molecule has 82 valence electrons. The monoisotopic (exact) mass is 206 g/mol. The lowest BCUT2D eigenvalue weighted by Crippen LogP contribution is -2.13. The normalized spacial score (nSPS) is 12.2. The van der Waals surface area contributed by atoms with E-state index in [0.717, 1.165) is 12.0 Å². The molecule has 1 atom stereocenters. The van der Waals surface area contributed by atoms with E-state index in [0.29, 0.717) is 6.61 Å². The first-order valence-electron chi connectivity index (χ1n) is 5.35. The van der Waals surface area contributed by atoms with E-state index in [9.17, 15) is 4.79 Å². The van der Waals surface area contributed by atoms with Crippen LogP contribution in [0.5, 0.6) is 0 Å². The molecule has 0 heterocycles. The molecule has 0 aromatic heterocycles. The lowest BCUT2D eigenvalue weighted by molar-refractivity contribution is -0.149. The van der Waals surface area contributed by atoms with Gasteiger partial charge in [0.1, 0.15) is 6.61 Å². The number of rotatable bonds is 4. The summed E-state index contributed by atoms with van der Waals surface area (Å²) in [4.78, 5) is 11.4. The molecule has 1 aromatic rings. The summed E-state index contributed by atoms with van der Waals surface area (Å²) in [5, 5.41) is 0. The van der Waals surface area contributed by atoms with Gasteiger partial charge in [0.15, 0.2) is 0 Å². The van der Waals surface area contributed by atoms with Gasteiger partial charge in [0.05, 0.1) is 5.92 Å². The number of aryl methyl sites for hydroxylation is 1. The molecule has 0 N–H and O–H groups in total. The molecule has 0 spiro atoms. The molecule has 0 radical (unpaired) electrons. The van der Waals surface area contributed by atoms with Crippen LogP contribution in [0.1, 0.15) is 31.4 Å². The Morgan fingerprint density at radius 3 is 2.47 bits per heavy atom. The predicted octanol–water partition coefficient (Wildman–Crippen LogP) is 3.08. The van der Waals surface area contributed by atoms with Crippen molar-refractivity contribution in [1.82, 2.24) is 0 Å². The zero-order valence-corrected chi connectivity index (χ0v) is 9.62. The van der Waals surface area contributed by atoms with Crippen molar-refractivity contribution in [3.05, 3.63) is 35.4 Å². The van der Waals surface area contributed by atoms with Crippen LogP contribution in [0.15, 0.2) is 24.3 Å². The van der Waals surface area contributed by atoms with Crippen LogP contribution >= 0.6 is 0 Å². The van der Waals surface area contributed by atoms with E-state index >= 15 is 0 Å². The summed E-state index contributed by atoms with van der Waals surface area (Å²) in [5.41, 5.74) is 2.25. The van der Waals surface area contributed by atoms with E-state index in [-0.39, 0.29) is 11.9 Å². The Morgan fingerprint density at radius 1 is 1.33 bits per heavy atom. The van der Waals surface area contributed by atoms with Gasteiger partial charge in [-0.25, -0.2) is 0 Å². The van der Waals surface area contributed by atoms with Gasteiger partial charge in [-0.15, -0.1) is 0 Å². The number of hydrogen-bond acceptors (Lipinski definition) is 2. The summed E-state index contributed by atoms with van der Waals surface area (Å²) in [5.74, 6) is -0.117. The standard InChI is InChI=1S/C13H18O2/c1-4-11(3)13(14)15-9-12-7-5-10(2)6-8-12/h5-8,11H,4,9H2,1-3H3. The minimum Gasteiger partial charge on any atom is -0.461 e. The second kappa shape index (κ2) is 5.54. The highest BCUT2D eigenvalue weighted by Gasteiger charge is 2.11. The van der Waals surface area contributed by atoms with Crippen LogP contribution in [-0.2, 0) is 16.1 Å². The van der Waals surface area contributed by atoms with Gasteiger partial charge >= 0.3 is 5.97 Å². The van der Waals surface area contributed by atoms with Crippen molar-refractivity contribution < 1.29 is 9.53 Å². The molecular formula is C13H18O2. The number of esters is 1. The number of hydrogen-bond donors (Lipinski definition) is 0. The third kappa shape index (κ3) is 3.74. The fraction of sp³-hybridized carbons (Fsp3) is 0.462. The molecule has 1 rings (SSSR count). The first kappa shape index (κ1) is 11.8. The fourth-order valence-electron chi connectivity index (χ4n) is 1.15. The van der Waals surface area contributed by atoms with E-state index in [1.165, 1.54) is 5.56 Å². The Morgan fingerprint density at radius 2 is 1.93 bits per heavy atom. The van der Waals surface area contributed by atoms with Crippen molar-refractivity contribution in [3.63, 3.8) is 0 Å². The molecule has 0 bridgehead atoms. The van der Waals surface area contributed by atoms with Crippen LogP contribution in [0, 0.1) is 12.8 Å². The third-order valence-corrected chi connectivity index (χ3v) is 2.52. The number of ether oxygens (including phenoxy) is 1. The molecule has 2 nitrogen and oxygen atoms in total. The van der Waals surface area contributed by atoms with Crippen molar-refractivity contribution in [2.45, 2.75) is 33.8 Å². The Bertz CT molecular complexity index is 314. The Labute approximate surface area is 91.3 Å². The topological polar surface area (TPSA) is 26.3 Å². The summed E-state index contributed by atoms with van der Waals surface area (Å²) in [6.07, 6.45) is 0.826. The van der Waals surface area contributed by atoms with Crippen molar-refractivity contribution in [2.75, 3.05) is 0 Å². The Hall–Kier alpha value is -1.31. The predicted molar refractivity (Wildman–Crippen MR) is 60.4 cm³/mol. The Balaban J connectivity index is 2.43. The first-order valence-corrected chi connectivity index (χ1v) is 5.35. The van der Waals surface area contributed by atoms with Gasteiger partial charge in [-0.1, -0.05) is 43.7 Å². The minimum atomic E-state index is -0.113. The summed E-state index contributed by atoms with van der Waals surface area (Å²) < 4.78 is 5.18. The number of carbonyl (C=O) groups excluding carboxylic acids is 1. The molecule has 0 aliphatic carbocycles. The van der Waals surface area contributed by atoms with E-state index in [2.05, 4.69) is 0 Å². The van der Waals surface area contributed by atoms with Gasteiger partial charge in [-0.05, 0) is 18.9 Å². The average Bonchev–Trinajstić information content (AvgIpc) is 2.26. The Kier molecular flexibility index (Phi) is 4.35. The number of carbonyl (C=O) groups is 1. The molecule has 0 aliphatic heterocycles. The van der Waals surface area contributed by atoms with Crippen LogP contribution in [-0.4, -0.2) is 5.97 Å². The largest absolute Gasteiger partial charge is 0.461 e.